The lowest BCUT2D eigenvalue weighted by Gasteiger charge is -2.28. The molecule has 6 nitrogen and oxygen atoms in total. The molecule has 2 rings (SSSR count). The summed E-state index contributed by atoms with van der Waals surface area (Å²) < 4.78 is 11.3. The zero-order chi connectivity index (χ0) is 14.5. The van der Waals surface area contributed by atoms with Gasteiger partial charge in [-0.05, 0) is 33.1 Å². The number of rotatable bonds is 5. The molecule has 1 unspecified atom stereocenters. The van der Waals surface area contributed by atoms with E-state index in [-0.39, 0.29) is 12.2 Å². The number of likely N-dealkylation sites (N-methyl/N-ethyl adjacent to an activating group) is 1. The van der Waals surface area contributed by atoms with Gasteiger partial charge in [-0.2, -0.15) is 4.98 Å². The Morgan fingerprint density at radius 3 is 2.90 bits per heavy atom. The van der Waals surface area contributed by atoms with Gasteiger partial charge >= 0.3 is 0 Å². The fraction of sp³-hybridized carbons (Fsp3) is 0.714. The Kier molecular flexibility index (Phi) is 5.00. The number of nitrogens with zero attached hydrogens (tertiary/aromatic N) is 3. The van der Waals surface area contributed by atoms with E-state index in [0.717, 1.165) is 26.0 Å². The van der Waals surface area contributed by atoms with Gasteiger partial charge in [0.25, 0.3) is 0 Å². The molecule has 0 saturated carbocycles. The Morgan fingerprint density at radius 2 is 2.25 bits per heavy atom. The van der Waals surface area contributed by atoms with Gasteiger partial charge in [0, 0.05) is 20.2 Å². The highest BCUT2D eigenvalue weighted by Gasteiger charge is 2.19. The first-order valence-corrected chi connectivity index (χ1v) is 7.17. The van der Waals surface area contributed by atoms with E-state index in [1.807, 2.05) is 25.8 Å². The van der Waals surface area contributed by atoms with Gasteiger partial charge in [0.2, 0.25) is 5.88 Å². The second-order valence-corrected chi connectivity index (χ2v) is 5.45. The monoisotopic (exact) mass is 280 g/mol. The molecule has 2 heterocycles. The molecule has 0 aromatic carbocycles. The van der Waals surface area contributed by atoms with Crippen LogP contribution in [0.3, 0.4) is 0 Å². The molecule has 1 aromatic rings. The molecule has 6 heteroatoms. The zero-order valence-electron chi connectivity index (χ0n) is 12.5. The molecule has 1 atom stereocenters. The van der Waals surface area contributed by atoms with E-state index in [1.165, 1.54) is 12.7 Å². The van der Waals surface area contributed by atoms with Crippen molar-refractivity contribution in [3.63, 3.8) is 0 Å². The summed E-state index contributed by atoms with van der Waals surface area (Å²) in [5.74, 6) is 1.14. The standard InChI is InChI=1S/C14H24N4O2/c1-10(2)20-14-12(15)13(16-9-17-14)18(3)8-11-6-4-5-7-19-11/h9-11H,4-8,15H2,1-3H3. The van der Waals surface area contributed by atoms with E-state index in [9.17, 15) is 0 Å². The van der Waals surface area contributed by atoms with Crippen LogP contribution in [0.25, 0.3) is 0 Å². The molecule has 0 bridgehead atoms. The number of nitrogen functional groups attached to an aromatic ring is 1. The van der Waals surface area contributed by atoms with Crippen molar-refractivity contribution in [3.8, 4) is 5.88 Å². The molecule has 0 spiro atoms. The van der Waals surface area contributed by atoms with Gasteiger partial charge in [0.1, 0.15) is 12.0 Å². The predicted octanol–water partition coefficient (Wildman–Crippen LogP) is 1.85. The molecule has 1 aliphatic rings. The van der Waals surface area contributed by atoms with Crippen molar-refractivity contribution in [2.45, 2.75) is 45.3 Å². The summed E-state index contributed by atoms with van der Waals surface area (Å²) in [4.78, 5) is 10.4. The molecule has 112 valence electrons. The molecular weight excluding hydrogens is 256 g/mol. The van der Waals surface area contributed by atoms with Crippen LogP contribution in [0.2, 0.25) is 0 Å². The second kappa shape index (κ2) is 6.74. The van der Waals surface area contributed by atoms with E-state index in [4.69, 9.17) is 15.2 Å². The molecule has 1 aliphatic heterocycles. The van der Waals surface area contributed by atoms with Crippen LogP contribution in [0.4, 0.5) is 11.5 Å². The molecule has 0 amide bonds. The minimum absolute atomic E-state index is 0.0343. The van der Waals surface area contributed by atoms with E-state index >= 15 is 0 Å². The van der Waals surface area contributed by atoms with Crippen molar-refractivity contribution in [2.75, 3.05) is 30.8 Å². The van der Waals surface area contributed by atoms with Crippen LogP contribution in [0.15, 0.2) is 6.33 Å². The Bertz CT molecular complexity index is 433. The van der Waals surface area contributed by atoms with E-state index < -0.39 is 0 Å². The number of hydrogen-bond donors (Lipinski definition) is 1. The van der Waals surface area contributed by atoms with E-state index in [0.29, 0.717) is 17.4 Å². The third-order valence-corrected chi connectivity index (χ3v) is 3.29. The fourth-order valence-corrected chi connectivity index (χ4v) is 2.34. The molecule has 20 heavy (non-hydrogen) atoms. The molecule has 1 fully saturated rings. The Hall–Kier alpha value is -1.56. The summed E-state index contributed by atoms with van der Waals surface area (Å²) >= 11 is 0. The number of hydrogen-bond acceptors (Lipinski definition) is 6. The van der Waals surface area contributed by atoms with Crippen LogP contribution in [0, 0.1) is 0 Å². The van der Waals surface area contributed by atoms with E-state index in [2.05, 4.69) is 9.97 Å². The Labute approximate surface area is 120 Å². The smallest absolute Gasteiger partial charge is 0.242 e. The predicted molar refractivity (Wildman–Crippen MR) is 79.1 cm³/mol. The highest BCUT2D eigenvalue weighted by Crippen LogP contribution is 2.28. The van der Waals surface area contributed by atoms with Crippen molar-refractivity contribution in [1.29, 1.82) is 0 Å². The van der Waals surface area contributed by atoms with Crippen molar-refractivity contribution >= 4 is 11.5 Å². The summed E-state index contributed by atoms with van der Waals surface area (Å²) in [6.45, 7) is 5.52. The van der Waals surface area contributed by atoms with Crippen LogP contribution in [-0.2, 0) is 4.74 Å². The fourth-order valence-electron chi connectivity index (χ4n) is 2.34. The SMILES string of the molecule is CC(C)Oc1ncnc(N(C)CC2CCCCO2)c1N. The molecular formula is C14H24N4O2. The highest BCUT2D eigenvalue weighted by molar-refractivity contribution is 5.67. The maximum absolute atomic E-state index is 6.11. The number of nitrogens with two attached hydrogens (primary N) is 1. The van der Waals surface area contributed by atoms with Crippen molar-refractivity contribution < 1.29 is 9.47 Å². The zero-order valence-corrected chi connectivity index (χ0v) is 12.5. The third kappa shape index (κ3) is 3.72. The first-order chi connectivity index (χ1) is 9.58. The minimum Gasteiger partial charge on any atom is -0.473 e. The van der Waals surface area contributed by atoms with Gasteiger partial charge in [0.05, 0.1) is 12.2 Å². The van der Waals surface area contributed by atoms with Gasteiger partial charge in [-0.15, -0.1) is 0 Å². The second-order valence-electron chi connectivity index (χ2n) is 5.45. The molecule has 0 aliphatic carbocycles. The van der Waals surface area contributed by atoms with Gasteiger partial charge in [-0.1, -0.05) is 0 Å². The molecule has 0 radical (unpaired) electrons. The van der Waals surface area contributed by atoms with Crippen molar-refractivity contribution in [1.82, 2.24) is 9.97 Å². The van der Waals surface area contributed by atoms with Crippen LogP contribution in [-0.4, -0.2) is 42.4 Å². The minimum atomic E-state index is 0.0343. The van der Waals surface area contributed by atoms with Gasteiger partial charge < -0.3 is 20.1 Å². The maximum Gasteiger partial charge on any atom is 0.242 e. The molecule has 1 aromatic heterocycles. The van der Waals surface area contributed by atoms with Gasteiger partial charge in [-0.3, -0.25) is 0 Å². The maximum atomic E-state index is 6.11. The van der Waals surface area contributed by atoms with Crippen molar-refractivity contribution in [3.05, 3.63) is 6.33 Å². The summed E-state index contributed by atoms with van der Waals surface area (Å²) in [7, 11) is 1.97. The quantitative estimate of drug-likeness (QED) is 0.887. The summed E-state index contributed by atoms with van der Waals surface area (Å²) in [5.41, 5.74) is 6.59. The first-order valence-electron chi connectivity index (χ1n) is 7.17. The normalized spacial score (nSPS) is 19.1. The Morgan fingerprint density at radius 1 is 1.45 bits per heavy atom. The highest BCUT2D eigenvalue weighted by atomic mass is 16.5. The summed E-state index contributed by atoms with van der Waals surface area (Å²) in [6, 6.07) is 0. The summed E-state index contributed by atoms with van der Waals surface area (Å²) in [6.07, 6.45) is 5.23. The summed E-state index contributed by atoms with van der Waals surface area (Å²) in [5, 5.41) is 0. The van der Waals surface area contributed by atoms with Crippen LogP contribution >= 0.6 is 0 Å². The van der Waals surface area contributed by atoms with E-state index in [1.54, 1.807) is 0 Å². The first kappa shape index (κ1) is 14.8. The lowest BCUT2D eigenvalue weighted by Crippen LogP contribution is -2.34. The van der Waals surface area contributed by atoms with Crippen LogP contribution in [0.5, 0.6) is 5.88 Å². The Balaban J connectivity index is 2.06. The average Bonchev–Trinajstić information content (AvgIpc) is 2.41. The largest absolute Gasteiger partial charge is 0.473 e. The number of aromatic nitrogens is 2. The lowest BCUT2D eigenvalue weighted by molar-refractivity contribution is 0.0215. The number of ether oxygens (including phenoxy) is 2. The van der Waals surface area contributed by atoms with Crippen LogP contribution in [0.1, 0.15) is 33.1 Å². The topological polar surface area (TPSA) is 73.5 Å². The van der Waals surface area contributed by atoms with Gasteiger partial charge in [-0.25, -0.2) is 4.98 Å². The molecule has 1 saturated heterocycles. The van der Waals surface area contributed by atoms with Crippen molar-refractivity contribution in [2.24, 2.45) is 0 Å². The van der Waals surface area contributed by atoms with Crippen LogP contribution < -0.4 is 15.4 Å². The average molecular weight is 280 g/mol. The third-order valence-electron chi connectivity index (χ3n) is 3.29. The van der Waals surface area contributed by atoms with Gasteiger partial charge in [0.15, 0.2) is 5.82 Å². The number of anilines is 2. The lowest BCUT2D eigenvalue weighted by atomic mass is 10.1. The molecule has 2 N–H and O–H groups in total.